The van der Waals surface area contributed by atoms with Gasteiger partial charge in [-0.3, -0.25) is 0 Å². The Balaban J connectivity index is 1.73. The Morgan fingerprint density at radius 1 is 1.03 bits per heavy atom. The van der Waals surface area contributed by atoms with Crippen molar-refractivity contribution in [3.05, 3.63) is 59.9 Å². The van der Waals surface area contributed by atoms with Gasteiger partial charge in [0.25, 0.3) is 0 Å². The van der Waals surface area contributed by atoms with Crippen molar-refractivity contribution in [2.75, 3.05) is 44.9 Å². The molecule has 2 amide bonds. The lowest BCUT2D eigenvalue weighted by molar-refractivity contribution is 0.219. The summed E-state index contributed by atoms with van der Waals surface area (Å²) in [5, 5.41) is 6.74. The molecule has 164 valence electrons. The summed E-state index contributed by atoms with van der Waals surface area (Å²) in [5.41, 5.74) is 0.806. The molecule has 0 spiro atoms. The van der Waals surface area contributed by atoms with E-state index in [1.807, 2.05) is 38.4 Å². The molecular weight excluding hydrogens is 402 g/mol. The maximum atomic E-state index is 13.4. The molecule has 1 aromatic heterocycles. The minimum absolute atomic E-state index is 0.0389. The summed E-state index contributed by atoms with van der Waals surface area (Å²) in [6, 6.07) is 9.98. The predicted octanol–water partition coefficient (Wildman–Crippen LogP) is 3.94. The molecule has 0 aliphatic carbocycles. The van der Waals surface area contributed by atoms with E-state index in [4.69, 9.17) is 0 Å². The molecule has 0 fully saturated rings. The zero-order chi connectivity index (χ0) is 22.4. The number of carbonyl (C=O) groups is 1. The van der Waals surface area contributed by atoms with Gasteiger partial charge in [-0.1, -0.05) is 12.1 Å². The van der Waals surface area contributed by atoms with Crippen LogP contribution in [0.25, 0.3) is 10.9 Å². The SMILES string of the molecule is CN(C)CCCNc1nc(CN(C)C(=O)Nc2cc(F)cc(F)c2)nc2ccccc12. The van der Waals surface area contributed by atoms with Crippen LogP contribution in [0.5, 0.6) is 0 Å². The maximum absolute atomic E-state index is 13.4. The molecule has 31 heavy (non-hydrogen) atoms. The first-order valence-electron chi connectivity index (χ1n) is 9.94. The molecule has 0 aliphatic heterocycles. The molecule has 0 bridgehead atoms. The highest BCUT2D eigenvalue weighted by atomic mass is 19.1. The summed E-state index contributed by atoms with van der Waals surface area (Å²) >= 11 is 0. The van der Waals surface area contributed by atoms with Crippen molar-refractivity contribution in [1.82, 2.24) is 19.8 Å². The standard InChI is InChI=1S/C22H26F2N6O/c1-29(2)10-6-9-25-21-18-7-4-5-8-19(18)27-20(28-21)14-30(3)22(31)26-17-12-15(23)11-16(24)13-17/h4-5,7-8,11-13H,6,9-10,14H2,1-3H3,(H,26,31)(H,25,27,28). The zero-order valence-corrected chi connectivity index (χ0v) is 17.8. The first-order chi connectivity index (χ1) is 14.8. The van der Waals surface area contributed by atoms with Gasteiger partial charge in [0.2, 0.25) is 0 Å². The Hall–Kier alpha value is -3.33. The van der Waals surface area contributed by atoms with Crippen molar-refractivity contribution in [2.45, 2.75) is 13.0 Å². The van der Waals surface area contributed by atoms with Crippen LogP contribution in [0.4, 0.5) is 25.1 Å². The number of amides is 2. The molecule has 0 radical (unpaired) electrons. The van der Waals surface area contributed by atoms with E-state index >= 15 is 0 Å². The van der Waals surface area contributed by atoms with Gasteiger partial charge in [0.1, 0.15) is 17.5 Å². The predicted molar refractivity (Wildman–Crippen MR) is 118 cm³/mol. The van der Waals surface area contributed by atoms with Crippen LogP contribution < -0.4 is 10.6 Å². The van der Waals surface area contributed by atoms with Crippen LogP contribution in [0.3, 0.4) is 0 Å². The number of hydrogen-bond donors (Lipinski definition) is 2. The Labute approximate surface area is 180 Å². The van der Waals surface area contributed by atoms with E-state index in [9.17, 15) is 13.6 Å². The number of para-hydroxylation sites is 1. The van der Waals surface area contributed by atoms with Gasteiger partial charge < -0.3 is 20.4 Å². The fourth-order valence-corrected chi connectivity index (χ4v) is 3.06. The zero-order valence-electron chi connectivity index (χ0n) is 17.8. The Morgan fingerprint density at radius 3 is 2.45 bits per heavy atom. The van der Waals surface area contributed by atoms with Crippen molar-refractivity contribution < 1.29 is 13.6 Å². The normalized spacial score (nSPS) is 11.0. The fourth-order valence-electron chi connectivity index (χ4n) is 3.06. The molecule has 2 aromatic carbocycles. The van der Waals surface area contributed by atoms with E-state index in [1.165, 1.54) is 4.90 Å². The van der Waals surface area contributed by atoms with Crippen molar-refractivity contribution >= 4 is 28.4 Å². The summed E-state index contributed by atoms with van der Waals surface area (Å²) in [4.78, 5) is 25.1. The lowest BCUT2D eigenvalue weighted by atomic mass is 10.2. The van der Waals surface area contributed by atoms with E-state index < -0.39 is 17.7 Å². The topological polar surface area (TPSA) is 73.4 Å². The molecule has 0 atom stereocenters. The Kier molecular flexibility index (Phi) is 7.30. The molecule has 0 aliphatic rings. The van der Waals surface area contributed by atoms with E-state index in [2.05, 4.69) is 25.5 Å². The molecule has 1 heterocycles. The smallest absolute Gasteiger partial charge is 0.321 e. The van der Waals surface area contributed by atoms with Crippen LogP contribution in [0.15, 0.2) is 42.5 Å². The summed E-state index contributed by atoms with van der Waals surface area (Å²) in [6.45, 7) is 1.83. The molecule has 2 N–H and O–H groups in total. The van der Waals surface area contributed by atoms with Gasteiger partial charge in [-0.25, -0.2) is 23.5 Å². The van der Waals surface area contributed by atoms with Gasteiger partial charge in [0, 0.05) is 30.7 Å². The van der Waals surface area contributed by atoms with Crippen molar-refractivity contribution in [2.24, 2.45) is 0 Å². The molecule has 0 saturated carbocycles. The number of rotatable bonds is 8. The van der Waals surface area contributed by atoms with Gasteiger partial charge in [0.05, 0.1) is 12.1 Å². The van der Waals surface area contributed by atoms with Gasteiger partial charge in [-0.05, 0) is 51.3 Å². The molecule has 9 heteroatoms. The second kappa shape index (κ2) is 10.1. The van der Waals surface area contributed by atoms with Crippen LogP contribution in [-0.4, -0.2) is 60.0 Å². The first-order valence-corrected chi connectivity index (χ1v) is 9.94. The number of benzene rings is 2. The number of halogens is 2. The number of nitrogens with zero attached hydrogens (tertiary/aromatic N) is 4. The first kappa shape index (κ1) is 22.4. The number of nitrogens with one attached hydrogen (secondary N) is 2. The second-order valence-corrected chi connectivity index (χ2v) is 7.53. The fraction of sp³-hybridized carbons (Fsp3) is 0.318. The maximum Gasteiger partial charge on any atom is 0.321 e. The molecule has 7 nitrogen and oxygen atoms in total. The minimum atomic E-state index is -0.763. The number of urea groups is 1. The van der Waals surface area contributed by atoms with Crippen LogP contribution in [-0.2, 0) is 6.54 Å². The van der Waals surface area contributed by atoms with E-state index in [1.54, 1.807) is 7.05 Å². The summed E-state index contributed by atoms with van der Waals surface area (Å²) in [6.07, 6.45) is 0.952. The number of aromatic nitrogens is 2. The third-order valence-electron chi connectivity index (χ3n) is 4.56. The van der Waals surface area contributed by atoms with Gasteiger partial charge >= 0.3 is 6.03 Å². The second-order valence-electron chi connectivity index (χ2n) is 7.53. The average Bonchev–Trinajstić information content (AvgIpc) is 2.70. The summed E-state index contributed by atoms with van der Waals surface area (Å²) in [7, 11) is 5.61. The number of carbonyl (C=O) groups excluding carboxylic acids is 1. The van der Waals surface area contributed by atoms with E-state index in [0.717, 1.165) is 48.6 Å². The van der Waals surface area contributed by atoms with Gasteiger partial charge in [0.15, 0.2) is 5.82 Å². The highest BCUT2D eigenvalue weighted by Crippen LogP contribution is 2.21. The number of anilines is 2. The monoisotopic (exact) mass is 428 g/mol. The highest BCUT2D eigenvalue weighted by Gasteiger charge is 2.14. The lowest BCUT2D eigenvalue weighted by Gasteiger charge is -2.18. The quantitative estimate of drug-likeness (QED) is 0.532. The van der Waals surface area contributed by atoms with Crippen LogP contribution in [0, 0.1) is 11.6 Å². The van der Waals surface area contributed by atoms with Crippen molar-refractivity contribution in [1.29, 1.82) is 0 Å². The third-order valence-corrected chi connectivity index (χ3v) is 4.56. The van der Waals surface area contributed by atoms with Crippen molar-refractivity contribution in [3.8, 4) is 0 Å². The van der Waals surface area contributed by atoms with Crippen molar-refractivity contribution in [3.63, 3.8) is 0 Å². The third kappa shape index (κ3) is 6.32. The Morgan fingerprint density at radius 2 is 1.74 bits per heavy atom. The largest absolute Gasteiger partial charge is 0.369 e. The summed E-state index contributed by atoms with van der Waals surface area (Å²) in [5.74, 6) is -0.362. The van der Waals surface area contributed by atoms with Crippen LogP contribution in [0.2, 0.25) is 0 Å². The Bertz CT molecular complexity index is 1040. The lowest BCUT2D eigenvalue weighted by Crippen LogP contribution is -2.31. The minimum Gasteiger partial charge on any atom is -0.369 e. The average molecular weight is 428 g/mol. The molecule has 0 saturated heterocycles. The van der Waals surface area contributed by atoms with E-state index in [-0.39, 0.29) is 12.2 Å². The molecule has 3 rings (SSSR count). The number of fused-ring (bicyclic) bond motifs is 1. The molecule has 0 unspecified atom stereocenters. The van der Waals surface area contributed by atoms with Crippen LogP contribution >= 0.6 is 0 Å². The van der Waals surface area contributed by atoms with Crippen LogP contribution in [0.1, 0.15) is 12.2 Å². The van der Waals surface area contributed by atoms with E-state index in [0.29, 0.717) is 11.6 Å². The van der Waals surface area contributed by atoms with Gasteiger partial charge in [-0.2, -0.15) is 0 Å². The summed E-state index contributed by atoms with van der Waals surface area (Å²) < 4.78 is 26.7. The highest BCUT2D eigenvalue weighted by molar-refractivity contribution is 5.90. The molecular formula is C22H26F2N6O. The number of hydrogen-bond acceptors (Lipinski definition) is 5. The van der Waals surface area contributed by atoms with Gasteiger partial charge in [-0.15, -0.1) is 0 Å². The molecule has 3 aromatic rings.